The van der Waals surface area contributed by atoms with Crippen molar-refractivity contribution in [3.05, 3.63) is 94.1 Å². The number of carbonyl (C=O) groups excluding carboxylic acids is 2. The van der Waals surface area contributed by atoms with Gasteiger partial charge in [-0.05, 0) is 42.8 Å². The first kappa shape index (κ1) is 20.7. The minimum absolute atomic E-state index is 0.237. The van der Waals surface area contributed by atoms with Crippen LogP contribution in [0.4, 0.5) is 5.69 Å². The van der Waals surface area contributed by atoms with Gasteiger partial charge in [0.25, 0.3) is 11.8 Å². The molecular formula is C23H17ClN4O2S. The van der Waals surface area contributed by atoms with E-state index in [1.54, 1.807) is 37.4 Å². The van der Waals surface area contributed by atoms with Crippen LogP contribution in [0, 0.1) is 0 Å². The van der Waals surface area contributed by atoms with Gasteiger partial charge in [0.15, 0.2) is 0 Å². The predicted octanol–water partition coefficient (Wildman–Crippen LogP) is 5.36. The molecule has 4 aromatic rings. The highest BCUT2D eigenvalue weighted by Crippen LogP contribution is 2.34. The van der Waals surface area contributed by atoms with E-state index in [0.29, 0.717) is 26.9 Å². The van der Waals surface area contributed by atoms with E-state index in [1.165, 1.54) is 17.5 Å². The molecule has 6 nitrogen and oxygen atoms in total. The molecule has 2 aromatic carbocycles. The average molecular weight is 449 g/mol. The average Bonchev–Trinajstić information content (AvgIpc) is 3.15. The van der Waals surface area contributed by atoms with Crippen molar-refractivity contribution in [1.29, 1.82) is 0 Å². The highest BCUT2D eigenvalue weighted by Gasteiger charge is 2.16. The third-order valence-corrected chi connectivity index (χ3v) is 6.22. The molecule has 2 N–H and O–H groups in total. The Morgan fingerprint density at radius 1 is 0.968 bits per heavy atom. The Morgan fingerprint density at radius 2 is 1.74 bits per heavy atom. The molecule has 0 fully saturated rings. The lowest BCUT2D eigenvalue weighted by molar-refractivity contribution is 0.0958. The fourth-order valence-electron chi connectivity index (χ4n) is 2.91. The highest BCUT2D eigenvalue weighted by molar-refractivity contribution is 7.21. The van der Waals surface area contributed by atoms with Crippen LogP contribution < -0.4 is 10.7 Å². The van der Waals surface area contributed by atoms with Crippen molar-refractivity contribution >= 4 is 56.2 Å². The second-order valence-corrected chi connectivity index (χ2v) is 8.08. The number of hydrogen-bond acceptors (Lipinski definition) is 5. The van der Waals surface area contributed by atoms with Gasteiger partial charge in [0.2, 0.25) is 0 Å². The third kappa shape index (κ3) is 4.63. The number of pyridine rings is 1. The number of fused-ring (bicyclic) bond motifs is 1. The van der Waals surface area contributed by atoms with E-state index in [2.05, 4.69) is 20.8 Å². The highest BCUT2D eigenvalue weighted by atomic mass is 35.5. The number of thiophene rings is 1. The topological polar surface area (TPSA) is 83.5 Å². The van der Waals surface area contributed by atoms with Crippen LogP contribution >= 0.6 is 22.9 Å². The Labute approximate surface area is 187 Å². The summed E-state index contributed by atoms with van der Waals surface area (Å²) in [5, 5.41) is 8.28. The van der Waals surface area contributed by atoms with Crippen LogP contribution in [-0.4, -0.2) is 22.5 Å². The van der Waals surface area contributed by atoms with Gasteiger partial charge in [-0.2, -0.15) is 5.10 Å². The van der Waals surface area contributed by atoms with Crippen LogP contribution in [0.3, 0.4) is 0 Å². The number of halogens is 1. The summed E-state index contributed by atoms with van der Waals surface area (Å²) in [5.74, 6) is -0.593. The molecule has 154 valence electrons. The number of hydrogen-bond donors (Lipinski definition) is 2. The van der Waals surface area contributed by atoms with Gasteiger partial charge < -0.3 is 5.32 Å². The number of rotatable bonds is 5. The molecule has 0 aliphatic carbocycles. The monoisotopic (exact) mass is 448 g/mol. The smallest absolute Gasteiger partial charge is 0.283 e. The van der Waals surface area contributed by atoms with Gasteiger partial charge >= 0.3 is 0 Å². The van der Waals surface area contributed by atoms with Gasteiger partial charge in [0.1, 0.15) is 4.88 Å². The molecule has 2 aromatic heterocycles. The van der Waals surface area contributed by atoms with Crippen molar-refractivity contribution in [2.24, 2.45) is 5.10 Å². The number of nitrogens with one attached hydrogen (secondary N) is 2. The lowest BCUT2D eigenvalue weighted by atomic mass is 10.1. The van der Waals surface area contributed by atoms with E-state index in [4.69, 9.17) is 11.6 Å². The first-order chi connectivity index (χ1) is 15.0. The van der Waals surface area contributed by atoms with Crippen LogP contribution in [0.5, 0.6) is 0 Å². The Balaban J connectivity index is 1.42. The minimum Gasteiger partial charge on any atom is -0.322 e. The van der Waals surface area contributed by atoms with Crippen LogP contribution in [0.1, 0.15) is 32.5 Å². The maximum atomic E-state index is 12.5. The summed E-state index contributed by atoms with van der Waals surface area (Å²) in [7, 11) is 0. The number of amides is 2. The lowest BCUT2D eigenvalue weighted by Crippen LogP contribution is -2.18. The minimum atomic E-state index is -0.356. The van der Waals surface area contributed by atoms with E-state index >= 15 is 0 Å². The molecule has 2 heterocycles. The summed E-state index contributed by atoms with van der Waals surface area (Å²) in [5.41, 5.74) is 5.12. The largest absolute Gasteiger partial charge is 0.322 e. The van der Waals surface area contributed by atoms with Gasteiger partial charge in [0, 0.05) is 28.2 Å². The van der Waals surface area contributed by atoms with E-state index < -0.39 is 0 Å². The summed E-state index contributed by atoms with van der Waals surface area (Å²) in [6.45, 7) is 1.79. The maximum absolute atomic E-state index is 12.5. The summed E-state index contributed by atoms with van der Waals surface area (Å²) in [6, 6.07) is 18.2. The molecule has 0 aliphatic heterocycles. The molecule has 0 aliphatic rings. The summed E-state index contributed by atoms with van der Waals surface area (Å²) in [6.07, 6.45) is 3.12. The molecule has 2 amide bonds. The van der Waals surface area contributed by atoms with E-state index in [9.17, 15) is 9.59 Å². The lowest BCUT2D eigenvalue weighted by Gasteiger charge is -2.07. The number of anilines is 1. The maximum Gasteiger partial charge on any atom is 0.283 e. The van der Waals surface area contributed by atoms with Crippen LogP contribution in [0.2, 0.25) is 5.02 Å². The molecule has 0 unspecified atom stereocenters. The third-order valence-electron chi connectivity index (χ3n) is 4.55. The predicted molar refractivity (Wildman–Crippen MR) is 125 cm³/mol. The van der Waals surface area contributed by atoms with Crippen LogP contribution in [0.15, 0.2) is 78.2 Å². The van der Waals surface area contributed by atoms with Gasteiger partial charge in [-0.3, -0.25) is 14.6 Å². The molecule has 0 saturated heterocycles. The Kier molecular flexibility index (Phi) is 6.06. The Morgan fingerprint density at radius 3 is 2.45 bits per heavy atom. The Bertz CT molecular complexity index is 1280. The fraction of sp³-hybridized carbons (Fsp3) is 0.0435. The molecule has 0 radical (unpaired) electrons. The zero-order valence-corrected chi connectivity index (χ0v) is 18.0. The van der Waals surface area contributed by atoms with Crippen molar-refractivity contribution in [2.75, 3.05) is 5.32 Å². The van der Waals surface area contributed by atoms with Crippen molar-refractivity contribution < 1.29 is 9.59 Å². The molecule has 0 atom stereocenters. The summed E-state index contributed by atoms with van der Waals surface area (Å²) in [4.78, 5) is 29.1. The molecule has 0 saturated carbocycles. The van der Waals surface area contributed by atoms with Gasteiger partial charge in [-0.25, -0.2) is 5.43 Å². The molecule has 0 bridgehead atoms. The molecular weight excluding hydrogens is 432 g/mol. The van der Waals surface area contributed by atoms with Gasteiger partial charge in [-0.15, -0.1) is 11.3 Å². The summed E-state index contributed by atoms with van der Waals surface area (Å²) >= 11 is 7.68. The quantitative estimate of drug-likeness (QED) is 0.318. The zero-order valence-electron chi connectivity index (χ0n) is 16.4. The molecule has 31 heavy (non-hydrogen) atoms. The number of benzene rings is 2. The number of hydrazone groups is 1. The summed E-state index contributed by atoms with van der Waals surface area (Å²) < 4.78 is 0.947. The second kappa shape index (κ2) is 9.07. The van der Waals surface area contributed by atoms with Crippen molar-refractivity contribution in [1.82, 2.24) is 10.4 Å². The van der Waals surface area contributed by atoms with Crippen LogP contribution in [-0.2, 0) is 0 Å². The number of aromatic nitrogens is 1. The normalized spacial score (nSPS) is 11.4. The van der Waals surface area contributed by atoms with E-state index in [-0.39, 0.29) is 11.8 Å². The van der Waals surface area contributed by atoms with Crippen molar-refractivity contribution in [3.8, 4) is 0 Å². The fourth-order valence-corrected chi connectivity index (χ4v) is 4.31. The number of carbonyl (C=O) groups is 2. The molecule has 4 rings (SSSR count). The SMILES string of the molecule is CC(=NNC(=O)c1sc2ccccc2c1Cl)c1ccc(NC(=O)c2cccnc2)cc1. The Hall–Kier alpha value is -3.55. The van der Waals surface area contributed by atoms with Gasteiger partial charge in [-0.1, -0.05) is 41.9 Å². The van der Waals surface area contributed by atoms with Crippen molar-refractivity contribution in [2.45, 2.75) is 6.92 Å². The van der Waals surface area contributed by atoms with Gasteiger partial charge in [0.05, 0.1) is 16.3 Å². The second-order valence-electron chi connectivity index (χ2n) is 6.65. The molecule has 8 heteroatoms. The standard InChI is InChI=1S/C23H17ClN4O2S/c1-14(27-28-23(30)21-20(24)18-6-2-3-7-19(18)31-21)15-8-10-17(11-9-15)26-22(29)16-5-4-12-25-13-16/h2-13H,1H3,(H,26,29)(H,28,30). The van der Waals surface area contributed by atoms with Crippen molar-refractivity contribution in [3.63, 3.8) is 0 Å². The van der Waals surface area contributed by atoms with Crippen LogP contribution in [0.25, 0.3) is 10.1 Å². The van der Waals surface area contributed by atoms with E-state index in [1.807, 2.05) is 36.4 Å². The first-order valence-corrected chi connectivity index (χ1v) is 10.6. The molecule has 0 spiro atoms. The zero-order chi connectivity index (χ0) is 21.8. The van der Waals surface area contributed by atoms with E-state index in [0.717, 1.165) is 15.6 Å². The number of nitrogens with zero attached hydrogens (tertiary/aromatic N) is 2. The first-order valence-electron chi connectivity index (χ1n) is 9.36.